The van der Waals surface area contributed by atoms with Crippen molar-refractivity contribution in [1.29, 1.82) is 0 Å². The fraction of sp³-hybridized carbons (Fsp3) is 0.235. The molecule has 1 atom stereocenters. The summed E-state index contributed by atoms with van der Waals surface area (Å²) in [5, 5.41) is 11.1. The van der Waals surface area contributed by atoms with Gasteiger partial charge in [-0.25, -0.2) is 8.42 Å². The Hall–Kier alpha value is -2.98. The molecule has 0 aliphatic carbocycles. The number of ether oxygens (including phenoxy) is 2. The third-order valence-corrected chi connectivity index (χ3v) is 5.08. The molecule has 2 aromatic rings. The minimum atomic E-state index is -4.30. The Morgan fingerprint density at radius 3 is 2.48 bits per heavy atom. The Morgan fingerprint density at radius 1 is 1.22 bits per heavy atom. The van der Waals surface area contributed by atoms with Gasteiger partial charge in [0.15, 0.2) is 4.90 Å². The first-order chi connectivity index (χ1) is 12.7. The van der Waals surface area contributed by atoms with E-state index in [0.717, 1.165) is 17.7 Å². The van der Waals surface area contributed by atoms with Crippen LogP contribution in [0.5, 0.6) is 5.75 Å². The van der Waals surface area contributed by atoms with Crippen LogP contribution in [0.2, 0.25) is 0 Å². The summed E-state index contributed by atoms with van der Waals surface area (Å²) in [5.41, 5.74) is 0.0902. The largest absolute Gasteiger partial charge is 0.497 e. The molecule has 1 unspecified atom stereocenters. The van der Waals surface area contributed by atoms with E-state index in [9.17, 15) is 23.3 Å². The number of nitrogens with zero attached hydrogens (tertiary/aromatic N) is 1. The highest BCUT2D eigenvalue weighted by Crippen LogP contribution is 2.28. The van der Waals surface area contributed by atoms with Crippen molar-refractivity contribution in [1.82, 2.24) is 4.72 Å². The quantitative estimate of drug-likeness (QED) is 0.413. The molecule has 0 saturated heterocycles. The summed E-state index contributed by atoms with van der Waals surface area (Å²) in [6, 6.07) is 12.2. The monoisotopic (exact) mass is 394 g/mol. The van der Waals surface area contributed by atoms with Crippen molar-refractivity contribution in [3.8, 4) is 5.75 Å². The van der Waals surface area contributed by atoms with Crippen LogP contribution in [-0.4, -0.2) is 33.0 Å². The third kappa shape index (κ3) is 5.25. The highest BCUT2D eigenvalue weighted by atomic mass is 32.2. The SMILES string of the molecule is COc1ccc(S(=O)(=O)NCC(=O)OC(C)c2ccccc2)c([N+](=O)[O-])c1. The molecule has 0 aliphatic rings. The Bertz CT molecular complexity index is 930. The van der Waals surface area contributed by atoms with Gasteiger partial charge in [0.25, 0.3) is 5.69 Å². The lowest BCUT2D eigenvalue weighted by Gasteiger charge is -2.14. The number of nitrogens with one attached hydrogen (secondary N) is 1. The van der Waals surface area contributed by atoms with Gasteiger partial charge in [-0.15, -0.1) is 0 Å². The number of esters is 1. The topological polar surface area (TPSA) is 125 Å². The van der Waals surface area contributed by atoms with E-state index in [4.69, 9.17) is 9.47 Å². The maximum Gasteiger partial charge on any atom is 0.321 e. The van der Waals surface area contributed by atoms with Crippen molar-refractivity contribution in [2.45, 2.75) is 17.9 Å². The van der Waals surface area contributed by atoms with Crippen molar-refractivity contribution in [2.75, 3.05) is 13.7 Å². The number of rotatable bonds is 8. The number of nitro benzene ring substituents is 1. The van der Waals surface area contributed by atoms with Crippen LogP contribution in [0, 0.1) is 10.1 Å². The zero-order chi connectivity index (χ0) is 20.0. The van der Waals surface area contributed by atoms with Gasteiger partial charge in [-0.3, -0.25) is 14.9 Å². The minimum absolute atomic E-state index is 0.136. The maximum absolute atomic E-state index is 12.4. The first kappa shape index (κ1) is 20.3. The van der Waals surface area contributed by atoms with Crippen LogP contribution >= 0.6 is 0 Å². The van der Waals surface area contributed by atoms with Gasteiger partial charge in [0.05, 0.1) is 18.1 Å². The van der Waals surface area contributed by atoms with Gasteiger partial charge < -0.3 is 9.47 Å². The normalized spacial score (nSPS) is 12.2. The second-order valence-electron chi connectivity index (χ2n) is 5.46. The zero-order valence-electron chi connectivity index (χ0n) is 14.6. The number of benzene rings is 2. The summed E-state index contributed by atoms with van der Waals surface area (Å²) in [6.07, 6.45) is -0.571. The van der Waals surface area contributed by atoms with E-state index >= 15 is 0 Å². The molecule has 0 amide bonds. The van der Waals surface area contributed by atoms with Gasteiger partial charge in [-0.05, 0) is 24.6 Å². The van der Waals surface area contributed by atoms with Gasteiger partial charge in [0, 0.05) is 0 Å². The lowest BCUT2D eigenvalue weighted by atomic mass is 10.1. The van der Waals surface area contributed by atoms with Crippen LogP contribution in [0.25, 0.3) is 0 Å². The number of carbonyl (C=O) groups is 1. The molecule has 2 aromatic carbocycles. The van der Waals surface area contributed by atoms with Gasteiger partial charge >= 0.3 is 5.97 Å². The lowest BCUT2D eigenvalue weighted by molar-refractivity contribution is -0.387. The van der Waals surface area contributed by atoms with Crippen molar-refractivity contribution in [2.24, 2.45) is 0 Å². The molecule has 0 bridgehead atoms. The Labute approximate surface area is 156 Å². The van der Waals surface area contributed by atoms with Crippen molar-refractivity contribution < 1.29 is 27.6 Å². The smallest absolute Gasteiger partial charge is 0.321 e. The molecule has 0 aliphatic heterocycles. The third-order valence-electron chi connectivity index (χ3n) is 3.64. The summed E-state index contributed by atoms with van der Waals surface area (Å²) in [4.78, 5) is 21.7. The van der Waals surface area contributed by atoms with Crippen LogP contribution < -0.4 is 9.46 Å². The van der Waals surface area contributed by atoms with Crippen LogP contribution in [0.4, 0.5) is 5.69 Å². The van der Waals surface area contributed by atoms with Crippen molar-refractivity contribution in [3.05, 3.63) is 64.2 Å². The lowest BCUT2D eigenvalue weighted by Crippen LogP contribution is -2.31. The molecule has 9 nitrogen and oxygen atoms in total. The standard InChI is InChI=1S/C17H18N2O7S/c1-12(13-6-4-3-5-7-13)26-17(20)11-18-27(23,24)16-9-8-14(25-2)10-15(16)19(21)22/h3-10,12,18H,11H2,1-2H3. The van der Waals surface area contributed by atoms with E-state index in [1.807, 2.05) is 10.8 Å². The average Bonchev–Trinajstić information content (AvgIpc) is 2.66. The minimum Gasteiger partial charge on any atom is -0.497 e. The number of methoxy groups -OCH3 is 1. The summed E-state index contributed by atoms with van der Waals surface area (Å²) in [5.74, 6) is -0.678. The molecule has 2 rings (SSSR count). The van der Waals surface area contributed by atoms with Crippen LogP contribution in [0.1, 0.15) is 18.6 Å². The summed E-state index contributed by atoms with van der Waals surface area (Å²) in [6.45, 7) is 0.985. The summed E-state index contributed by atoms with van der Waals surface area (Å²) < 4.78 is 36.7. The molecule has 0 heterocycles. The molecule has 0 radical (unpaired) electrons. The molecular weight excluding hydrogens is 376 g/mol. The fourth-order valence-corrected chi connectivity index (χ4v) is 3.38. The van der Waals surface area contributed by atoms with Gasteiger partial charge in [-0.1, -0.05) is 30.3 Å². The maximum atomic E-state index is 12.4. The van der Waals surface area contributed by atoms with E-state index in [2.05, 4.69) is 0 Å². The van der Waals surface area contributed by atoms with E-state index < -0.39 is 44.1 Å². The highest BCUT2D eigenvalue weighted by molar-refractivity contribution is 7.89. The number of nitro groups is 1. The first-order valence-corrected chi connectivity index (χ1v) is 9.29. The molecular formula is C17H18N2O7S. The molecule has 0 aromatic heterocycles. The molecule has 0 spiro atoms. The van der Waals surface area contributed by atoms with Gasteiger partial charge in [0.2, 0.25) is 10.0 Å². The highest BCUT2D eigenvalue weighted by Gasteiger charge is 2.27. The Kier molecular flexibility index (Phi) is 6.48. The number of carbonyl (C=O) groups excluding carboxylic acids is 1. The molecule has 0 saturated carbocycles. The fourth-order valence-electron chi connectivity index (χ4n) is 2.26. The van der Waals surface area contributed by atoms with E-state index in [-0.39, 0.29) is 5.75 Å². The van der Waals surface area contributed by atoms with E-state index in [1.54, 1.807) is 31.2 Å². The van der Waals surface area contributed by atoms with Crippen molar-refractivity contribution in [3.63, 3.8) is 0 Å². The molecule has 27 heavy (non-hydrogen) atoms. The first-order valence-electron chi connectivity index (χ1n) is 7.81. The van der Waals surface area contributed by atoms with Gasteiger partial charge in [-0.2, -0.15) is 4.72 Å². The van der Waals surface area contributed by atoms with Gasteiger partial charge in [0.1, 0.15) is 18.4 Å². The second-order valence-corrected chi connectivity index (χ2v) is 7.19. The number of hydrogen-bond donors (Lipinski definition) is 1. The Balaban J connectivity index is 2.08. The van der Waals surface area contributed by atoms with E-state index in [0.29, 0.717) is 0 Å². The van der Waals surface area contributed by atoms with Crippen LogP contribution in [-0.2, 0) is 19.6 Å². The molecule has 144 valence electrons. The van der Waals surface area contributed by atoms with Crippen molar-refractivity contribution >= 4 is 21.7 Å². The summed E-state index contributed by atoms with van der Waals surface area (Å²) in [7, 11) is -3.00. The molecule has 0 fully saturated rings. The average molecular weight is 394 g/mol. The second kappa shape index (κ2) is 8.60. The zero-order valence-corrected chi connectivity index (χ0v) is 15.4. The van der Waals surface area contributed by atoms with Crippen LogP contribution in [0.15, 0.2) is 53.4 Å². The van der Waals surface area contributed by atoms with E-state index in [1.165, 1.54) is 13.2 Å². The van der Waals surface area contributed by atoms with Crippen LogP contribution in [0.3, 0.4) is 0 Å². The predicted octanol–water partition coefficient (Wildman–Crippen LogP) is 2.19. The number of hydrogen-bond acceptors (Lipinski definition) is 7. The number of sulfonamides is 1. The summed E-state index contributed by atoms with van der Waals surface area (Å²) >= 11 is 0. The predicted molar refractivity (Wildman–Crippen MR) is 95.8 cm³/mol. The molecule has 10 heteroatoms. The Morgan fingerprint density at radius 2 is 1.89 bits per heavy atom. The molecule has 1 N–H and O–H groups in total.